The van der Waals surface area contributed by atoms with E-state index in [9.17, 15) is 8.78 Å². The van der Waals surface area contributed by atoms with E-state index in [1.165, 1.54) is 25.2 Å². The second kappa shape index (κ2) is 8.11. The van der Waals surface area contributed by atoms with Gasteiger partial charge in [0, 0.05) is 0 Å². The van der Waals surface area contributed by atoms with Gasteiger partial charge in [-0.05, 0) is 68.9 Å². The van der Waals surface area contributed by atoms with Crippen molar-refractivity contribution >= 4 is 0 Å². The van der Waals surface area contributed by atoms with Gasteiger partial charge in [0.05, 0.1) is 6.26 Å². The largest absolute Gasteiger partial charge is 0.462 e. The number of aryl methyl sites for hydroxylation is 1. The molecule has 1 aromatic carbocycles. The van der Waals surface area contributed by atoms with Crippen LogP contribution in [0.25, 0.3) is 0 Å². The predicted octanol–water partition coefficient (Wildman–Crippen LogP) is 5.80. The molecule has 0 aliphatic heterocycles. The van der Waals surface area contributed by atoms with Crippen LogP contribution in [-0.2, 0) is 6.42 Å². The Hall–Kier alpha value is -1.64. The van der Waals surface area contributed by atoms with Crippen LogP contribution in [0, 0.1) is 23.5 Å². The Bertz CT molecular complexity index is 528. The molecule has 0 N–H and O–H groups in total. The minimum atomic E-state index is -0.897. The van der Waals surface area contributed by atoms with Gasteiger partial charge < -0.3 is 4.74 Å². The molecule has 2 rings (SSSR count). The summed E-state index contributed by atoms with van der Waals surface area (Å²) in [5.74, 6) is -0.496. The zero-order valence-electron chi connectivity index (χ0n) is 13.2. The molecule has 1 saturated carbocycles. The molecule has 0 spiro atoms. The quantitative estimate of drug-likeness (QED) is 0.476. The third-order valence-corrected chi connectivity index (χ3v) is 4.50. The highest BCUT2D eigenvalue weighted by molar-refractivity contribution is 5.31. The molecule has 1 aliphatic carbocycles. The van der Waals surface area contributed by atoms with Crippen LogP contribution in [0.2, 0.25) is 0 Å². The van der Waals surface area contributed by atoms with Crippen LogP contribution >= 0.6 is 0 Å². The van der Waals surface area contributed by atoms with Gasteiger partial charge in [0.15, 0.2) is 11.6 Å². The Morgan fingerprint density at radius 3 is 2.55 bits per heavy atom. The lowest BCUT2D eigenvalue weighted by molar-refractivity contribution is 0.295. The average Bonchev–Trinajstić information content (AvgIpc) is 2.56. The number of allylic oxidation sites excluding steroid dienone is 2. The van der Waals surface area contributed by atoms with Crippen LogP contribution in [0.5, 0.6) is 5.75 Å². The van der Waals surface area contributed by atoms with Crippen molar-refractivity contribution in [3.63, 3.8) is 0 Å². The molecule has 0 aromatic heterocycles. The topological polar surface area (TPSA) is 9.23 Å². The molecule has 0 saturated heterocycles. The van der Waals surface area contributed by atoms with Gasteiger partial charge in [0.2, 0.25) is 5.82 Å². The SMILES string of the molecule is C=CC1CCC(CCc2ccc(OC=CC)c(F)c2F)CC1. The fourth-order valence-corrected chi connectivity index (χ4v) is 3.07. The number of hydrogen-bond acceptors (Lipinski definition) is 1. The maximum Gasteiger partial charge on any atom is 0.201 e. The highest BCUT2D eigenvalue weighted by atomic mass is 19.2. The van der Waals surface area contributed by atoms with E-state index >= 15 is 0 Å². The molecule has 120 valence electrons. The molecule has 22 heavy (non-hydrogen) atoms. The van der Waals surface area contributed by atoms with Crippen LogP contribution < -0.4 is 4.74 Å². The highest BCUT2D eigenvalue weighted by Gasteiger charge is 2.20. The molecule has 0 bridgehead atoms. The van der Waals surface area contributed by atoms with Crippen molar-refractivity contribution in [3.8, 4) is 5.75 Å². The van der Waals surface area contributed by atoms with Gasteiger partial charge >= 0.3 is 0 Å². The van der Waals surface area contributed by atoms with Crippen molar-refractivity contribution < 1.29 is 13.5 Å². The molecule has 0 heterocycles. The smallest absolute Gasteiger partial charge is 0.201 e. The maximum absolute atomic E-state index is 14.1. The molecule has 0 radical (unpaired) electrons. The molecule has 0 amide bonds. The summed E-state index contributed by atoms with van der Waals surface area (Å²) in [5, 5.41) is 0. The van der Waals surface area contributed by atoms with E-state index < -0.39 is 11.6 Å². The zero-order chi connectivity index (χ0) is 15.9. The van der Waals surface area contributed by atoms with Gasteiger partial charge in [0.25, 0.3) is 0 Å². The van der Waals surface area contributed by atoms with Crippen molar-refractivity contribution in [3.05, 3.63) is 54.3 Å². The van der Waals surface area contributed by atoms with E-state index in [0.717, 1.165) is 19.3 Å². The van der Waals surface area contributed by atoms with Crippen molar-refractivity contribution in [2.75, 3.05) is 0 Å². The van der Waals surface area contributed by atoms with E-state index in [0.29, 0.717) is 23.8 Å². The fourth-order valence-electron chi connectivity index (χ4n) is 3.07. The number of rotatable bonds is 6. The molecule has 1 aliphatic rings. The molecular weight excluding hydrogens is 282 g/mol. The van der Waals surface area contributed by atoms with Gasteiger partial charge in [-0.2, -0.15) is 4.39 Å². The minimum absolute atomic E-state index is 0.0640. The Morgan fingerprint density at radius 2 is 1.91 bits per heavy atom. The van der Waals surface area contributed by atoms with Gasteiger partial charge in [-0.3, -0.25) is 0 Å². The van der Waals surface area contributed by atoms with Gasteiger partial charge in [0.1, 0.15) is 0 Å². The number of ether oxygens (including phenoxy) is 1. The van der Waals surface area contributed by atoms with E-state index in [-0.39, 0.29) is 5.75 Å². The summed E-state index contributed by atoms with van der Waals surface area (Å²) in [4.78, 5) is 0. The summed E-state index contributed by atoms with van der Waals surface area (Å²) in [6.07, 6.45) is 11.1. The van der Waals surface area contributed by atoms with Crippen LogP contribution in [0.1, 0.15) is 44.6 Å². The Labute approximate surface area is 131 Å². The monoisotopic (exact) mass is 306 g/mol. The Morgan fingerprint density at radius 1 is 1.18 bits per heavy atom. The lowest BCUT2D eigenvalue weighted by Gasteiger charge is -2.26. The molecule has 1 fully saturated rings. The molecule has 0 atom stereocenters. The van der Waals surface area contributed by atoms with Gasteiger partial charge in [-0.15, -0.1) is 6.58 Å². The second-order valence-corrected chi connectivity index (χ2v) is 5.99. The maximum atomic E-state index is 14.1. The van der Waals surface area contributed by atoms with E-state index in [1.807, 2.05) is 6.08 Å². The number of benzene rings is 1. The van der Waals surface area contributed by atoms with Crippen LogP contribution in [0.4, 0.5) is 8.78 Å². The van der Waals surface area contributed by atoms with Crippen molar-refractivity contribution in [2.45, 2.75) is 45.4 Å². The molecule has 3 heteroatoms. The zero-order valence-corrected chi connectivity index (χ0v) is 13.2. The number of hydrogen-bond donors (Lipinski definition) is 0. The van der Waals surface area contributed by atoms with Crippen LogP contribution in [0.3, 0.4) is 0 Å². The Balaban J connectivity index is 1.93. The third kappa shape index (κ3) is 4.19. The molecule has 1 nitrogen and oxygen atoms in total. The first kappa shape index (κ1) is 16.7. The lowest BCUT2D eigenvalue weighted by Crippen LogP contribution is -2.14. The predicted molar refractivity (Wildman–Crippen MR) is 85.8 cm³/mol. The first-order valence-electron chi connectivity index (χ1n) is 8.03. The summed E-state index contributed by atoms with van der Waals surface area (Å²) in [5.41, 5.74) is 0.441. The highest BCUT2D eigenvalue weighted by Crippen LogP contribution is 2.33. The summed E-state index contributed by atoms with van der Waals surface area (Å²) >= 11 is 0. The third-order valence-electron chi connectivity index (χ3n) is 4.50. The molecular formula is C19H24F2O. The first-order valence-corrected chi connectivity index (χ1v) is 8.03. The lowest BCUT2D eigenvalue weighted by atomic mass is 9.79. The molecule has 1 aromatic rings. The van der Waals surface area contributed by atoms with Crippen molar-refractivity contribution in [1.82, 2.24) is 0 Å². The van der Waals surface area contributed by atoms with Gasteiger partial charge in [-0.25, -0.2) is 4.39 Å². The standard InChI is InChI=1S/C19H24F2O/c1-3-13-22-17-12-11-16(18(20)19(17)21)10-9-15-7-5-14(4-2)6-8-15/h3-4,11-15H,2,5-10H2,1H3. The average molecular weight is 306 g/mol. The summed E-state index contributed by atoms with van der Waals surface area (Å²) < 4.78 is 33.0. The van der Waals surface area contributed by atoms with Crippen molar-refractivity contribution in [2.24, 2.45) is 11.8 Å². The number of halogens is 2. The van der Waals surface area contributed by atoms with E-state index in [2.05, 4.69) is 6.58 Å². The fraction of sp³-hybridized carbons (Fsp3) is 0.474. The Kier molecular flexibility index (Phi) is 6.17. The first-order chi connectivity index (χ1) is 10.7. The molecule has 0 unspecified atom stereocenters. The second-order valence-electron chi connectivity index (χ2n) is 5.99. The summed E-state index contributed by atoms with van der Waals surface area (Å²) in [7, 11) is 0. The van der Waals surface area contributed by atoms with Crippen LogP contribution in [0.15, 0.2) is 37.1 Å². The summed E-state index contributed by atoms with van der Waals surface area (Å²) in [6.45, 7) is 5.60. The van der Waals surface area contributed by atoms with Gasteiger partial charge in [-0.1, -0.05) is 18.2 Å². The van der Waals surface area contributed by atoms with E-state index in [1.54, 1.807) is 19.1 Å². The minimum Gasteiger partial charge on any atom is -0.462 e. The normalized spacial score (nSPS) is 22.0. The summed E-state index contributed by atoms with van der Waals surface area (Å²) in [6, 6.07) is 3.13. The van der Waals surface area contributed by atoms with Crippen molar-refractivity contribution in [1.29, 1.82) is 0 Å². The van der Waals surface area contributed by atoms with Crippen LogP contribution in [-0.4, -0.2) is 0 Å². The van der Waals surface area contributed by atoms with E-state index in [4.69, 9.17) is 4.74 Å².